The third kappa shape index (κ3) is 11.9. The number of likely N-dealkylation sites (tertiary alicyclic amines) is 1. The van der Waals surface area contributed by atoms with Gasteiger partial charge in [0, 0.05) is 48.9 Å². The summed E-state index contributed by atoms with van der Waals surface area (Å²) in [6.45, 7) is 4.91. The Bertz CT molecular complexity index is 1950. The number of nitrogens with zero attached hydrogens (tertiary/aromatic N) is 2. The SMILES string of the molecule is CCCCCCCCCCCCCCCC(=O)Nc1cccc(C2OC(CN3CCC4(CC3)C(=O)NCN4c3ccccc3)C(c3ccccc3)C(c3ccc(CO)cc3)O2)c1. The average molecular weight is 843 g/mol. The van der Waals surface area contributed by atoms with Gasteiger partial charge in [0.15, 0.2) is 6.29 Å². The summed E-state index contributed by atoms with van der Waals surface area (Å²) >= 11 is 0. The highest BCUT2D eigenvalue weighted by Crippen LogP contribution is 2.48. The zero-order valence-electron chi connectivity index (χ0n) is 37.0. The van der Waals surface area contributed by atoms with Crippen LogP contribution < -0.4 is 15.5 Å². The lowest BCUT2D eigenvalue weighted by Crippen LogP contribution is -2.57. The molecule has 0 radical (unpaired) electrons. The van der Waals surface area contributed by atoms with E-state index in [0.717, 1.165) is 59.6 Å². The van der Waals surface area contributed by atoms with E-state index in [2.05, 4.69) is 75.9 Å². The average Bonchev–Trinajstić information content (AvgIpc) is 3.63. The third-order valence-electron chi connectivity index (χ3n) is 13.4. The number of piperidine rings is 1. The number of anilines is 2. The normalized spacial score (nSPS) is 21.3. The Morgan fingerprint density at radius 3 is 1.98 bits per heavy atom. The number of amides is 2. The molecule has 3 heterocycles. The number of carbonyl (C=O) groups is 2. The molecule has 1 spiro atoms. The second-order valence-electron chi connectivity index (χ2n) is 17.8. The molecule has 9 heteroatoms. The van der Waals surface area contributed by atoms with Crippen molar-refractivity contribution in [3.63, 3.8) is 0 Å². The van der Waals surface area contributed by atoms with Crippen LogP contribution in [0.5, 0.6) is 0 Å². The van der Waals surface area contributed by atoms with Crippen molar-refractivity contribution in [2.24, 2.45) is 0 Å². The zero-order chi connectivity index (χ0) is 43.0. The van der Waals surface area contributed by atoms with Crippen LogP contribution in [0.25, 0.3) is 0 Å². The zero-order valence-corrected chi connectivity index (χ0v) is 37.0. The maximum atomic E-state index is 13.5. The van der Waals surface area contributed by atoms with E-state index < -0.39 is 11.8 Å². The largest absolute Gasteiger partial charge is 0.392 e. The van der Waals surface area contributed by atoms with Crippen molar-refractivity contribution in [1.29, 1.82) is 0 Å². The van der Waals surface area contributed by atoms with Gasteiger partial charge in [0.2, 0.25) is 11.8 Å². The fraction of sp³-hybridized carbons (Fsp3) is 0.509. The molecule has 3 saturated heterocycles. The number of aliphatic hydroxyl groups is 1. The molecule has 4 aromatic carbocycles. The van der Waals surface area contributed by atoms with Crippen LogP contribution in [0, 0.1) is 0 Å². The van der Waals surface area contributed by atoms with Gasteiger partial charge in [0.25, 0.3) is 0 Å². The van der Waals surface area contributed by atoms with Crippen LogP contribution in [0.4, 0.5) is 11.4 Å². The van der Waals surface area contributed by atoms with E-state index in [4.69, 9.17) is 9.47 Å². The van der Waals surface area contributed by atoms with E-state index >= 15 is 0 Å². The number of nitrogens with one attached hydrogen (secondary N) is 2. The fourth-order valence-electron chi connectivity index (χ4n) is 9.85. The molecule has 4 atom stereocenters. The second-order valence-corrected chi connectivity index (χ2v) is 17.8. The minimum atomic E-state index is -0.689. The molecule has 3 fully saturated rings. The Kier molecular flexibility index (Phi) is 17.0. The molecule has 3 N–H and O–H groups in total. The van der Waals surface area contributed by atoms with E-state index in [1.807, 2.05) is 60.7 Å². The van der Waals surface area contributed by atoms with Crippen LogP contribution in [-0.2, 0) is 25.7 Å². The number of para-hydroxylation sites is 1. The van der Waals surface area contributed by atoms with Gasteiger partial charge < -0.3 is 35.0 Å². The summed E-state index contributed by atoms with van der Waals surface area (Å²) in [6, 6.07) is 36.6. The fourth-order valence-corrected chi connectivity index (χ4v) is 9.85. The first-order chi connectivity index (χ1) is 30.5. The van der Waals surface area contributed by atoms with Crippen molar-refractivity contribution in [1.82, 2.24) is 10.2 Å². The number of hydrogen-bond acceptors (Lipinski definition) is 7. The number of ether oxygens (including phenoxy) is 2. The molecule has 332 valence electrons. The predicted molar refractivity (Wildman–Crippen MR) is 249 cm³/mol. The monoisotopic (exact) mass is 843 g/mol. The first kappa shape index (κ1) is 45.5. The Balaban J connectivity index is 1.00. The summed E-state index contributed by atoms with van der Waals surface area (Å²) in [5, 5.41) is 16.2. The summed E-state index contributed by atoms with van der Waals surface area (Å²) in [5.74, 6) is -0.000384. The lowest BCUT2D eigenvalue weighted by Gasteiger charge is -2.47. The Morgan fingerprint density at radius 2 is 1.34 bits per heavy atom. The maximum Gasteiger partial charge on any atom is 0.247 e. The number of benzene rings is 4. The molecule has 0 aliphatic carbocycles. The minimum absolute atomic E-state index is 0.0314. The van der Waals surface area contributed by atoms with Gasteiger partial charge in [-0.05, 0) is 60.2 Å². The van der Waals surface area contributed by atoms with E-state index in [-0.39, 0.29) is 36.5 Å². The van der Waals surface area contributed by atoms with Crippen LogP contribution in [-0.4, -0.2) is 59.8 Å². The Morgan fingerprint density at radius 1 is 0.726 bits per heavy atom. The number of carbonyl (C=O) groups excluding carboxylic acids is 2. The highest BCUT2D eigenvalue weighted by atomic mass is 16.7. The van der Waals surface area contributed by atoms with E-state index in [1.54, 1.807) is 0 Å². The van der Waals surface area contributed by atoms with Crippen molar-refractivity contribution in [2.75, 3.05) is 36.5 Å². The highest BCUT2D eigenvalue weighted by Gasteiger charge is 2.51. The molecule has 3 aliphatic rings. The first-order valence-corrected chi connectivity index (χ1v) is 23.8. The lowest BCUT2D eigenvalue weighted by molar-refractivity contribution is -0.264. The van der Waals surface area contributed by atoms with Crippen LogP contribution in [0.15, 0.2) is 109 Å². The molecule has 0 saturated carbocycles. The quantitative estimate of drug-likeness (QED) is 0.0677. The van der Waals surface area contributed by atoms with Crippen LogP contribution in [0.3, 0.4) is 0 Å². The molecule has 0 bridgehead atoms. The van der Waals surface area contributed by atoms with Gasteiger partial charge in [0.1, 0.15) is 5.54 Å². The van der Waals surface area contributed by atoms with Crippen LogP contribution >= 0.6 is 0 Å². The summed E-state index contributed by atoms with van der Waals surface area (Å²) < 4.78 is 14.1. The summed E-state index contributed by atoms with van der Waals surface area (Å²) in [7, 11) is 0. The number of hydrogen-bond donors (Lipinski definition) is 3. The lowest BCUT2D eigenvalue weighted by atomic mass is 9.82. The Labute approximate surface area is 370 Å². The molecule has 2 amide bonds. The van der Waals surface area contributed by atoms with Crippen molar-refractivity contribution in [3.8, 4) is 0 Å². The van der Waals surface area contributed by atoms with Crippen LogP contribution in [0.1, 0.15) is 150 Å². The van der Waals surface area contributed by atoms with Gasteiger partial charge in [-0.15, -0.1) is 0 Å². The van der Waals surface area contributed by atoms with E-state index in [0.29, 0.717) is 32.5 Å². The number of rotatable bonds is 22. The molecule has 0 aromatic heterocycles. The van der Waals surface area contributed by atoms with Crippen molar-refractivity contribution < 1.29 is 24.2 Å². The summed E-state index contributed by atoms with van der Waals surface area (Å²) in [5.41, 5.74) is 5.04. The van der Waals surface area contributed by atoms with Gasteiger partial charge in [-0.3, -0.25) is 9.59 Å². The van der Waals surface area contributed by atoms with Gasteiger partial charge in [0.05, 0.1) is 25.5 Å². The summed E-state index contributed by atoms with van der Waals surface area (Å²) in [4.78, 5) is 31.4. The van der Waals surface area contributed by atoms with Crippen LogP contribution in [0.2, 0.25) is 0 Å². The molecule has 9 nitrogen and oxygen atoms in total. The minimum Gasteiger partial charge on any atom is -0.392 e. The smallest absolute Gasteiger partial charge is 0.247 e. The van der Waals surface area contributed by atoms with Crippen molar-refractivity contribution in [3.05, 3.63) is 131 Å². The summed E-state index contributed by atoms with van der Waals surface area (Å²) in [6.07, 6.45) is 17.2. The second kappa shape index (κ2) is 23.2. The van der Waals surface area contributed by atoms with E-state index in [1.165, 1.54) is 70.6 Å². The van der Waals surface area contributed by atoms with Gasteiger partial charge in [-0.1, -0.05) is 169 Å². The molecule has 7 rings (SSSR count). The van der Waals surface area contributed by atoms with Gasteiger partial charge in [-0.25, -0.2) is 0 Å². The first-order valence-electron chi connectivity index (χ1n) is 23.8. The van der Waals surface area contributed by atoms with Crippen molar-refractivity contribution in [2.45, 2.75) is 146 Å². The molecule has 62 heavy (non-hydrogen) atoms. The predicted octanol–water partition coefficient (Wildman–Crippen LogP) is 11.0. The molecular weight excluding hydrogens is 773 g/mol. The number of aliphatic hydroxyl groups excluding tert-OH is 1. The highest BCUT2D eigenvalue weighted by molar-refractivity contribution is 5.93. The molecule has 4 unspecified atom stereocenters. The molecule has 3 aliphatic heterocycles. The standard InChI is InChI=1S/C53H70N4O5/c1-2-3-4-5-6-7-8-9-10-11-12-13-20-28-48(59)55-45-25-21-24-44(37-45)51-61-47(49(42-22-16-14-17-23-42)50(62-51)43-31-29-41(39-58)30-32-43)38-56-35-33-53(34-36-56)52(60)54-40-57(53)46-26-18-15-19-27-46/h14-19,21-27,29-32,37,47,49-51,58H,2-13,20,28,33-36,38-40H2,1H3,(H,54,60)(H,55,59). The topological polar surface area (TPSA) is 103 Å². The van der Waals surface area contributed by atoms with E-state index in [9.17, 15) is 14.7 Å². The van der Waals surface area contributed by atoms with Crippen molar-refractivity contribution >= 4 is 23.2 Å². The maximum absolute atomic E-state index is 13.5. The van der Waals surface area contributed by atoms with Gasteiger partial charge >= 0.3 is 0 Å². The molecule has 4 aromatic rings. The molecular formula is C53H70N4O5. The number of unbranched alkanes of at least 4 members (excludes halogenated alkanes) is 12. The third-order valence-corrected chi connectivity index (χ3v) is 13.4. The van der Waals surface area contributed by atoms with Gasteiger partial charge in [-0.2, -0.15) is 0 Å². The Hall–Kier alpha value is -4.54.